The summed E-state index contributed by atoms with van der Waals surface area (Å²) in [5, 5.41) is 10.5. The molecule has 0 saturated carbocycles. The van der Waals surface area contributed by atoms with Crippen LogP contribution >= 0.6 is 11.6 Å². The predicted octanol–water partition coefficient (Wildman–Crippen LogP) is -0.250. The standard InChI is InChI=1S/C7H8ClN3/c8-7-3-5-1-2-9-4-6(5)10-11-7/h3,9H,1-2,4H2/p+1. The monoisotopic (exact) mass is 170 g/mol. The van der Waals surface area contributed by atoms with Crippen LogP contribution in [0.4, 0.5) is 0 Å². The first-order valence-corrected chi connectivity index (χ1v) is 4.07. The number of quaternary nitrogens is 1. The van der Waals surface area contributed by atoms with Crippen LogP contribution in [0.2, 0.25) is 5.15 Å². The van der Waals surface area contributed by atoms with Crippen molar-refractivity contribution < 1.29 is 5.32 Å². The van der Waals surface area contributed by atoms with Crippen LogP contribution in [0.3, 0.4) is 0 Å². The Bertz CT molecular complexity index is 274. The number of nitrogens with zero attached hydrogens (tertiary/aromatic N) is 2. The van der Waals surface area contributed by atoms with E-state index in [1.165, 1.54) is 5.56 Å². The lowest BCUT2D eigenvalue weighted by molar-refractivity contribution is -0.674. The Morgan fingerprint density at radius 3 is 3.27 bits per heavy atom. The molecule has 0 fully saturated rings. The van der Waals surface area contributed by atoms with E-state index in [0.29, 0.717) is 5.15 Å². The molecule has 1 aliphatic heterocycles. The van der Waals surface area contributed by atoms with Crippen LogP contribution in [0.25, 0.3) is 0 Å². The third kappa shape index (κ3) is 1.34. The Kier molecular flexibility index (Phi) is 1.75. The van der Waals surface area contributed by atoms with Gasteiger partial charge >= 0.3 is 0 Å². The molecule has 4 heteroatoms. The summed E-state index contributed by atoms with van der Waals surface area (Å²) in [6.07, 6.45) is 1.06. The average Bonchev–Trinajstić information content (AvgIpc) is 2.04. The molecule has 2 heterocycles. The molecule has 1 aromatic heterocycles. The Morgan fingerprint density at radius 1 is 1.45 bits per heavy atom. The third-order valence-electron chi connectivity index (χ3n) is 1.89. The van der Waals surface area contributed by atoms with Gasteiger partial charge in [-0.2, -0.15) is 0 Å². The molecule has 0 bridgehead atoms. The molecule has 0 unspecified atom stereocenters. The second kappa shape index (κ2) is 2.75. The number of aromatic nitrogens is 2. The molecule has 58 valence electrons. The van der Waals surface area contributed by atoms with Crippen LogP contribution in [-0.2, 0) is 13.0 Å². The number of rotatable bonds is 0. The van der Waals surface area contributed by atoms with E-state index < -0.39 is 0 Å². The molecule has 3 nitrogen and oxygen atoms in total. The minimum atomic E-state index is 0.505. The maximum atomic E-state index is 5.69. The number of nitrogens with two attached hydrogens (primary N) is 1. The highest BCUT2D eigenvalue weighted by atomic mass is 35.5. The summed E-state index contributed by atoms with van der Waals surface area (Å²) in [6.45, 7) is 2.08. The molecule has 0 spiro atoms. The Hall–Kier alpha value is -0.670. The van der Waals surface area contributed by atoms with Crippen molar-refractivity contribution in [1.29, 1.82) is 0 Å². The minimum absolute atomic E-state index is 0.505. The van der Waals surface area contributed by atoms with Gasteiger partial charge in [-0.3, -0.25) is 0 Å². The molecule has 1 aliphatic rings. The van der Waals surface area contributed by atoms with Crippen LogP contribution in [0, 0.1) is 0 Å². The quantitative estimate of drug-likeness (QED) is 0.584. The van der Waals surface area contributed by atoms with Crippen LogP contribution in [-0.4, -0.2) is 16.7 Å². The molecule has 2 rings (SSSR count). The van der Waals surface area contributed by atoms with E-state index >= 15 is 0 Å². The average molecular weight is 171 g/mol. The van der Waals surface area contributed by atoms with Gasteiger partial charge in [-0.05, 0) is 11.6 Å². The molecule has 0 aromatic carbocycles. The summed E-state index contributed by atoms with van der Waals surface area (Å²) >= 11 is 5.69. The van der Waals surface area contributed by atoms with Crippen molar-refractivity contribution in [1.82, 2.24) is 10.2 Å². The van der Waals surface area contributed by atoms with Crippen molar-refractivity contribution in [3.05, 3.63) is 22.5 Å². The highest BCUT2D eigenvalue weighted by Gasteiger charge is 2.12. The van der Waals surface area contributed by atoms with E-state index in [1.54, 1.807) is 0 Å². The van der Waals surface area contributed by atoms with Crippen molar-refractivity contribution >= 4 is 11.6 Å². The van der Waals surface area contributed by atoms with E-state index in [0.717, 1.165) is 25.2 Å². The van der Waals surface area contributed by atoms with Gasteiger partial charge in [-0.1, -0.05) is 11.6 Å². The Morgan fingerprint density at radius 2 is 2.36 bits per heavy atom. The maximum Gasteiger partial charge on any atom is 0.152 e. The largest absolute Gasteiger partial charge is 0.341 e. The molecular formula is C7H9ClN3+. The highest BCUT2D eigenvalue weighted by molar-refractivity contribution is 6.29. The first-order chi connectivity index (χ1) is 5.36. The smallest absolute Gasteiger partial charge is 0.152 e. The fraction of sp³-hybridized carbons (Fsp3) is 0.429. The second-order valence-corrected chi connectivity index (χ2v) is 3.06. The van der Waals surface area contributed by atoms with Gasteiger partial charge in [-0.25, -0.2) is 0 Å². The zero-order valence-corrected chi connectivity index (χ0v) is 6.80. The van der Waals surface area contributed by atoms with Crippen LogP contribution in [0.1, 0.15) is 11.3 Å². The minimum Gasteiger partial charge on any atom is -0.341 e. The maximum absolute atomic E-state index is 5.69. The number of hydrogen-bond acceptors (Lipinski definition) is 2. The lowest BCUT2D eigenvalue weighted by atomic mass is 10.1. The third-order valence-corrected chi connectivity index (χ3v) is 2.07. The van der Waals surface area contributed by atoms with Gasteiger partial charge in [0.2, 0.25) is 0 Å². The number of fused-ring (bicyclic) bond motifs is 1. The molecule has 0 saturated heterocycles. The van der Waals surface area contributed by atoms with E-state index in [-0.39, 0.29) is 0 Å². The van der Waals surface area contributed by atoms with Crippen molar-refractivity contribution in [3.63, 3.8) is 0 Å². The summed E-state index contributed by atoms with van der Waals surface area (Å²) in [5.41, 5.74) is 2.34. The van der Waals surface area contributed by atoms with Gasteiger partial charge in [0.25, 0.3) is 0 Å². The van der Waals surface area contributed by atoms with Gasteiger partial charge in [0.05, 0.1) is 6.54 Å². The van der Waals surface area contributed by atoms with E-state index in [4.69, 9.17) is 11.6 Å². The molecule has 0 radical (unpaired) electrons. The molecule has 0 atom stereocenters. The summed E-state index contributed by atoms with van der Waals surface area (Å²) < 4.78 is 0. The second-order valence-electron chi connectivity index (χ2n) is 2.67. The zero-order chi connectivity index (χ0) is 7.68. The lowest BCUT2D eigenvalue weighted by Gasteiger charge is -2.11. The summed E-state index contributed by atoms with van der Waals surface area (Å²) in [6, 6.07) is 1.91. The molecule has 0 amide bonds. The Labute approximate surface area is 69.8 Å². The highest BCUT2D eigenvalue weighted by Crippen LogP contribution is 2.11. The molecule has 0 aliphatic carbocycles. The molecular weight excluding hydrogens is 162 g/mol. The first-order valence-electron chi connectivity index (χ1n) is 3.69. The molecule has 1 aromatic rings. The van der Waals surface area contributed by atoms with E-state index in [2.05, 4.69) is 15.5 Å². The summed E-state index contributed by atoms with van der Waals surface area (Å²) in [7, 11) is 0. The molecule has 2 N–H and O–H groups in total. The van der Waals surface area contributed by atoms with Gasteiger partial charge in [-0.15, -0.1) is 10.2 Å². The van der Waals surface area contributed by atoms with E-state index in [1.807, 2.05) is 6.07 Å². The molecule has 11 heavy (non-hydrogen) atoms. The van der Waals surface area contributed by atoms with Gasteiger partial charge in [0, 0.05) is 6.42 Å². The van der Waals surface area contributed by atoms with Crippen LogP contribution < -0.4 is 5.32 Å². The fourth-order valence-electron chi connectivity index (χ4n) is 1.31. The van der Waals surface area contributed by atoms with Gasteiger partial charge < -0.3 is 5.32 Å². The number of hydrogen-bond donors (Lipinski definition) is 1. The Balaban J connectivity index is 2.43. The zero-order valence-electron chi connectivity index (χ0n) is 6.05. The summed E-state index contributed by atoms with van der Waals surface area (Å²) in [4.78, 5) is 0. The SMILES string of the molecule is Clc1cc2c(nn1)C[NH2+]CC2. The van der Waals surface area contributed by atoms with Crippen LogP contribution in [0.15, 0.2) is 6.07 Å². The van der Waals surface area contributed by atoms with Crippen molar-refractivity contribution in [3.8, 4) is 0 Å². The number of halogens is 1. The van der Waals surface area contributed by atoms with E-state index in [9.17, 15) is 0 Å². The van der Waals surface area contributed by atoms with Crippen molar-refractivity contribution in [2.24, 2.45) is 0 Å². The normalized spacial score (nSPS) is 16.1. The van der Waals surface area contributed by atoms with Crippen LogP contribution in [0.5, 0.6) is 0 Å². The van der Waals surface area contributed by atoms with Gasteiger partial charge in [0.15, 0.2) is 5.15 Å². The van der Waals surface area contributed by atoms with Gasteiger partial charge in [0.1, 0.15) is 12.2 Å². The first kappa shape index (κ1) is 7.00. The topological polar surface area (TPSA) is 42.4 Å². The van der Waals surface area contributed by atoms with Crippen molar-refractivity contribution in [2.75, 3.05) is 6.54 Å². The lowest BCUT2D eigenvalue weighted by Crippen LogP contribution is -2.84. The summed E-state index contributed by atoms with van der Waals surface area (Å²) in [5.74, 6) is 0. The predicted molar refractivity (Wildman–Crippen MR) is 41.2 cm³/mol. The van der Waals surface area contributed by atoms with Crippen molar-refractivity contribution in [2.45, 2.75) is 13.0 Å². The fourth-order valence-corrected chi connectivity index (χ4v) is 1.48.